The number of hydroxylamine groups is 1. The highest BCUT2D eigenvalue weighted by molar-refractivity contribution is 5.82. The van der Waals surface area contributed by atoms with Crippen LogP contribution in [-0.4, -0.2) is 16.9 Å². The standard InChI is InChI=1S/C22H20N2O3/c1-15-11-17(19-5-3-4-6-20(19)23-15)13-26-18-9-7-16(8-10-18)21-12-22(2,14-25)27-24-21/h3-12,14,24H,13H2,1-2H3. The molecule has 1 atom stereocenters. The van der Waals surface area contributed by atoms with E-state index in [1.165, 1.54) is 0 Å². The van der Waals surface area contributed by atoms with Crippen molar-refractivity contribution in [3.8, 4) is 5.75 Å². The second kappa shape index (κ2) is 6.85. The summed E-state index contributed by atoms with van der Waals surface area (Å²) in [6.45, 7) is 4.16. The summed E-state index contributed by atoms with van der Waals surface area (Å²) in [6.07, 6.45) is 2.53. The van der Waals surface area contributed by atoms with E-state index in [-0.39, 0.29) is 0 Å². The van der Waals surface area contributed by atoms with Gasteiger partial charge in [0.25, 0.3) is 0 Å². The topological polar surface area (TPSA) is 60.5 Å². The zero-order valence-electron chi connectivity index (χ0n) is 15.2. The van der Waals surface area contributed by atoms with E-state index < -0.39 is 5.60 Å². The normalized spacial score (nSPS) is 18.8. The molecule has 4 rings (SSSR count). The number of benzene rings is 2. The summed E-state index contributed by atoms with van der Waals surface area (Å²) in [5.41, 5.74) is 6.63. The number of ether oxygens (including phenoxy) is 1. The Morgan fingerprint density at radius 3 is 2.70 bits per heavy atom. The van der Waals surface area contributed by atoms with Crippen LogP contribution in [-0.2, 0) is 16.2 Å². The van der Waals surface area contributed by atoms with Crippen LogP contribution in [0.2, 0.25) is 0 Å². The maximum absolute atomic E-state index is 11.1. The van der Waals surface area contributed by atoms with Crippen molar-refractivity contribution in [3.63, 3.8) is 0 Å². The van der Waals surface area contributed by atoms with Crippen molar-refractivity contribution in [1.29, 1.82) is 0 Å². The van der Waals surface area contributed by atoms with Crippen LogP contribution in [0, 0.1) is 6.92 Å². The molecule has 1 unspecified atom stereocenters. The highest BCUT2D eigenvalue weighted by Gasteiger charge is 2.29. The molecule has 2 aromatic carbocycles. The lowest BCUT2D eigenvalue weighted by Gasteiger charge is -2.11. The minimum atomic E-state index is -0.926. The Bertz CT molecular complexity index is 1030. The summed E-state index contributed by atoms with van der Waals surface area (Å²) in [5.74, 6) is 0.773. The Labute approximate surface area is 157 Å². The number of para-hydroxylation sites is 1. The largest absolute Gasteiger partial charge is 0.489 e. The predicted molar refractivity (Wildman–Crippen MR) is 104 cm³/mol. The molecule has 1 aliphatic heterocycles. The number of aldehydes is 1. The summed E-state index contributed by atoms with van der Waals surface area (Å²) < 4.78 is 5.98. The molecule has 1 aromatic heterocycles. The Balaban J connectivity index is 1.50. The van der Waals surface area contributed by atoms with Crippen molar-refractivity contribution in [2.24, 2.45) is 0 Å². The second-order valence-electron chi connectivity index (χ2n) is 6.82. The van der Waals surface area contributed by atoms with Crippen LogP contribution in [0.3, 0.4) is 0 Å². The van der Waals surface area contributed by atoms with Crippen LogP contribution < -0.4 is 10.2 Å². The lowest BCUT2D eigenvalue weighted by molar-refractivity contribution is -0.125. The number of fused-ring (bicyclic) bond motifs is 1. The van der Waals surface area contributed by atoms with Gasteiger partial charge in [-0.3, -0.25) is 20.1 Å². The number of rotatable bonds is 5. The minimum Gasteiger partial charge on any atom is -0.489 e. The van der Waals surface area contributed by atoms with E-state index >= 15 is 0 Å². The average molecular weight is 360 g/mol. The molecular weight excluding hydrogens is 340 g/mol. The average Bonchev–Trinajstić information content (AvgIpc) is 3.09. The summed E-state index contributed by atoms with van der Waals surface area (Å²) >= 11 is 0. The molecule has 5 nitrogen and oxygen atoms in total. The summed E-state index contributed by atoms with van der Waals surface area (Å²) in [4.78, 5) is 20.9. The molecule has 0 bridgehead atoms. The van der Waals surface area contributed by atoms with Gasteiger partial charge in [0.15, 0.2) is 11.9 Å². The van der Waals surface area contributed by atoms with E-state index in [2.05, 4.69) is 22.6 Å². The number of aryl methyl sites for hydroxylation is 1. The zero-order chi connectivity index (χ0) is 18.9. The number of hydrogen-bond acceptors (Lipinski definition) is 5. The van der Waals surface area contributed by atoms with Gasteiger partial charge in [-0.25, -0.2) is 0 Å². The molecule has 0 radical (unpaired) electrons. The molecular formula is C22H20N2O3. The number of aromatic nitrogens is 1. The van der Waals surface area contributed by atoms with Crippen molar-refractivity contribution in [1.82, 2.24) is 10.5 Å². The summed E-state index contributed by atoms with van der Waals surface area (Å²) in [7, 11) is 0. The van der Waals surface area contributed by atoms with E-state index in [9.17, 15) is 4.79 Å². The Kier molecular flexibility index (Phi) is 4.38. The van der Waals surface area contributed by atoms with Gasteiger partial charge < -0.3 is 4.74 Å². The Hall–Kier alpha value is -3.18. The van der Waals surface area contributed by atoms with Crippen molar-refractivity contribution >= 4 is 22.9 Å². The quantitative estimate of drug-likeness (QED) is 0.698. The van der Waals surface area contributed by atoms with Crippen molar-refractivity contribution in [2.45, 2.75) is 26.1 Å². The molecule has 0 saturated heterocycles. The third-order valence-corrected chi connectivity index (χ3v) is 4.54. The Morgan fingerprint density at radius 1 is 1.19 bits per heavy atom. The molecule has 0 aliphatic carbocycles. The van der Waals surface area contributed by atoms with E-state index in [0.717, 1.165) is 45.5 Å². The van der Waals surface area contributed by atoms with Crippen LogP contribution in [0.5, 0.6) is 5.75 Å². The number of hydrogen-bond donors (Lipinski definition) is 1. The van der Waals surface area contributed by atoms with Crippen molar-refractivity contribution in [2.75, 3.05) is 0 Å². The third-order valence-electron chi connectivity index (χ3n) is 4.54. The van der Waals surface area contributed by atoms with Crippen LogP contribution in [0.1, 0.15) is 23.7 Å². The molecule has 0 amide bonds. The molecule has 0 spiro atoms. The summed E-state index contributed by atoms with van der Waals surface area (Å²) in [6, 6.07) is 17.8. The third kappa shape index (κ3) is 3.55. The molecule has 0 saturated carbocycles. The molecule has 136 valence electrons. The predicted octanol–water partition coefficient (Wildman–Crippen LogP) is 3.96. The molecule has 1 N–H and O–H groups in total. The first kappa shape index (κ1) is 17.2. The summed E-state index contributed by atoms with van der Waals surface area (Å²) in [5, 5.41) is 1.10. The highest BCUT2D eigenvalue weighted by Crippen LogP contribution is 2.26. The maximum Gasteiger partial charge on any atom is 0.168 e. The SMILES string of the molecule is Cc1cc(COc2ccc(C3=CC(C)(C=O)ON3)cc2)c2ccccc2n1. The molecule has 2 heterocycles. The molecule has 5 heteroatoms. The van der Waals surface area contributed by atoms with Crippen LogP contribution in [0.15, 0.2) is 60.7 Å². The van der Waals surface area contributed by atoms with Gasteiger partial charge in [-0.1, -0.05) is 18.2 Å². The number of carbonyl (C=O) groups excluding carboxylic acids is 1. The highest BCUT2D eigenvalue weighted by atomic mass is 16.7. The lowest BCUT2D eigenvalue weighted by Crippen LogP contribution is -2.26. The van der Waals surface area contributed by atoms with E-state index in [1.54, 1.807) is 13.0 Å². The van der Waals surface area contributed by atoms with Crippen molar-refractivity contribution in [3.05, 3.63) is 77.5 Å². The van der Waals surface area contributed by atoms with Gasteiger partial charge in [0.05, 0.1) is 11.2 Å². The van der Waals surface area contributed by atoms with E-state index in [4.69, 9.17) is 9.57 Å². The first-order valence-electron chi connectivity index (χ1n) is 8.78. The first-order chi connectivity index (χ1) is 13.1. The van der Waals surface area contributed by atoms with E-state index in [0.29, 0.717) is 6.61 Å². The number of nitrogens with one attached hydrogen (secondary N) is 1. The molecule has 0 fully saturated rings. The van der Waals surface area contributed by atoms with Gasteiger partial charge in [0, 0.05) is 16.6 Å². The van der Waals surface area contributed by atoms with Crippen LogP contribution >= 0.6 is 0 Å². The monoisotopic (exact) mass is 360 g/mol. The molecule has 3 aromatic rings. The number of nitrogens with zero attached hydrogens (tertiary/aromatic N) is 1. The van der Waals surface area contributed by atoms with Gasteiger partial charge in [-0.2, -0.15) is 0 Å². The maximum atomic E-state index is 11.1. The lowest BCUT2D eigenvalue weighted by atomic mass is 10.1. The zero-order valence-corrected chi connectivity index (χ0v) is 15.2. The fraction of sp³-hybridized carbons (Fsp3) is 0.182. The van der Waals surface area contributed by atoms with Gasteiger partial charge in [0.2, 0.25) is 0 Å². The molecule has 1 aliphatic rings. The number of pyridine rings is 1. The van der Waals surface area contributed by atoms with Gasteiger partial charge in [-0.15, -0.1) is 0 Å². The Morgan fingerprint density at radius 2 is 1.96 bits per heavy atom. The second-order valence-corrected chi connectivity index (χ2v) is 6.82. The minimum absolute atomic E-state index is 0.469. The fourth-order valence-corrected chi connectivity index (χ4v) is 3.12. The number of carbonyl (C=O) groups is 1. The van der Waals surface area contributed by atoms with Gasteiger partial charge >= 0.3 is 0 Å². The van der Waals surface area contributed by atoms with Gasteiger partial charge in [-0.05, 0) is 61.9 Å². The smallest absolute Gasteiger partial charge is 0.168 e. The fourth-order valence-electron chi connectivity index (χ4n) is 3.12. The van der Waals surface area contributed by atoms with E-state index in [1.807, 2.05) is 49.4 Å². The van der Waals surface area contributed by atoms with Crippen LogP contribution in [0.25, 0.3) is 16.6 Å². The van der Waals surface area contributed by atoms with Crippen molar-refractivity contribution < 1.29 is 14.4 Å². The van der Waals surface area contributed by atoms with Gasteiger partial charge in [0.1, 0.15) is 12.4 Å². The molecule has 27 heavy (non-hydrogen) atoms. The van der Waals surface area contributed by atoms with Crippen LogP contribution in [0.4, 0.5) is 0 Å². The first-order valence-corrected chi connectivity index (χ1v) is 8.78.